The van der Waals surface area contributed by atoms with Crippen molar-refractivity contribution in [2.75, 3.05) is 6.26 Å². The van der Waals surface area contributed by atoms with Crippen LogP contribution in [0, 0.1) is 0 Å². The summed E-state index contributed by atoms with van der Waals surface area (Å²) in [6.45, 7) is 0. The molecule has 1 aromatic rings. The Kier molecular flexibility index (Phi) is 3.80. The fourth-order valence-electron chi connectivity index (χ4n) is 0.603. The van der Waals surface area contributed by atoms with Crippen molar-refractivity contribution in [2.24, 2.45) is 0 Å². The Morgan fingerprint density at radius 2 is 1.58 bits per heavy atom. The van der Waals surface area contributed by atoms with E-state index in [2.05, 4.69) is 4.98 Å². The summed E-state index contributed by atoms with van der Waals surface area (Å²) in [5.41, 5.74) is 0. The van der Waals surface area contributed by atoms with Crippen LogP contribution in [-0.4, -0.2) is 11.2 Å². The van der Waals surface area contributed by atoms with Crippen molar-refractivity contribution < 1.29 is 0 Å². The fourth-order valence-corrected chi connectivity index (χ4v) is 2.13. The first-order valence-electron chi connectivity index (χ1n) is 2.82. The standard InChI is InChI=1S/C6H3Cl4NS/c1-12-6-4(9)2(7)3(8)5(10)11-6/h1H3. The summed E-state index contributed by atoms with van der Waals surface area (Å²) < 4.78 is 0. The molecule has 0 saturated carbocycles. The first-order chi connectivity index (χ1) is 5.57. The van der Waals surface area contributed by atoms with Crippen LogP contribution in [0.3, 0.4) is 0 Å². The zero-order valence-corrected chi connectivity index (χ0v) is 9.71. The minimum Gasteiger partial charge on any atom is -0.227 e. The molecule has 1 heterocycles. The maximum atomic E-state index is 5.81. The van der Waals surface area contributed by atoms with E-state index < -0.39 is 0 Å². The van der Waals surface area contributed by atoms with Gasteiger partial charge in [-0.3, -0.25) is 0 Å². The van der Waals surface area contributed by atoms with Gasteiger partial charge in [-0.1, -0.05) is 46.4 Å². The van der Waals surface area contributed by atoms with Gasteiger partial charge in [-0.05, 0) is 6.26 Å². The molecule has 0 fully saturated rings. The number of hydrogen-bond acceptors (Lipinski definition) is 2. The summed E-state index contributed by atoms with van der Waals surface area (Å²) >= 11 is 24.3. The Balaban J connectivity index is 3.39. The summed E-state index contributed by atoms with van der Waals surface area (Å²) in [6, 6.07) is 0. The fraction of sp³-hybridized carbons (Fsp3) is 0.167. The molecule has 0 aromatic carbocycles. The first-order valence-corrected chi connectivity index (χ1v) is 5.55. The Morgan fingerprint density at radius 1 is 1.00 bits per heavy atom. The lowest BCUT2D eigenvalue weighted by molar-refractivity contribution is 1.14. The highest BCUT2D eigenvalue weighted by Gasteiger charge is 2.13. The third kappa shape index (κ3) is 1.94. The molecular weight excluding hydrogens is 260 g/mol. The van der Waals surface area contributed by atoms with Gasteiger partial charge in [0.1, 0.15) is 5.03 Å². The second kappa shape index (κ2) is 4.25. The van der Waals surface area contributed by atoms with Crippen LogP contribution in [-0.2, 0) is 0 Å². The van der Waals surface area contributed by atoms with Gasteiger partial charge >= 0.3 is 0 Å². The van der Waals surface area contributed by atoms with Gasteiger partial charge in [-0.2, -0.15) is 0 Å². The van der Waals surface area contributed by atoms with E-state index in [0.29, 0.717) is 10.0 Å². The molecule has 1 rings (SSSR count). The lowest BCUT2D eigenvalue weighted by Crippen LogP contribution is -1.85. The third-order valence-corrected chi connectivity index (χ3v) is 3.62. The van der Waals surface area contributed by atoms with Crippen LogP contribution < -0.4 is 0 Å². The van der Waals surface area contributed by atoms with Gasteiger partial charge in [0.2, 0.25) is 0 Å². The van der Waals surface area contributed by atoms with E-state index in [9.17, 15) is 0 Å². The van der Waals surface area contributed by atoms with Crippen molar-refractivity contribution in [3.8, 4) is 0 Å². The number of halogens is 4. The number of thioether (sulfide) groups is 1. The maximum absolute atomic E-state index is 5.81. The Labute approximate surface area is 94.4 Å². The van der Waals surface area contributed by atoms with Crippen molar-refractivity contribution in [3.05, 3.63) is 20.2 Å². The van der Waals surface area contributed by atoms with Crippen LogP contribution in [0.5, 0.6) is 0 Å². The normalized spacial score (nSPS) is 10.4. The molecule has 0 unspecified atom stereocenters. The summed E-state index contributed by atoms with van der Waals surface area (Å²) in [4.78, 5) is 3.93. The number of rotatable bonds is 1. The topological polar surface area (TPSA) is 12.9 Å². The van der Waals surface area contributed by atoms with Crippen LogP contribution >= 0.6 is 58.2 Å². The Bertz CT molecular complexity index is 315. The first kappa shape index (κ1) is 10.7. The lowest BCUT2D eigenvalue weighted by atomic mass is 10.5. The van der Waals surface area contributed by atoms with Gasteiger partial charge in [-0.25, -0.2) is 4.98 Å². The van der Waals surface area contributed by atoms with Gasteiger partial charge < -0.3 is 0 Å². The zero-order valence-electron chi connectivity index (χ0n) is 5.87. The second-order valence-electron chi connectivity index (χ2n) is 1.85. The molecule has 12 heavy (non-hydrogen) atoms. The molecule has 0 atom stereocenters. The van der Waals surface area contributed by atoms with Crippen LogP contribution in [0.1, 0.15) is 0 Å². The van der Waals surface area contributed by atoms with Gasteiger partial charge in [0.15, 0.2) is 5.15 Å². The van der Waals surface area contributed by atoms with E-state index in [0.717, 1.165) is 0 Å². The predicted molar refractivity (Wildman–Crippen MR) is 56.1 cm³/mol. The molecule has 0 aliphatic heterocycles. The van der Waals surface area contributed by atoms with Crippen molar-refractivity contribution in [1.29, 1.82) is 0 Å². The quantitative estimate of drug-likeness (QED) is 0.549. The highest BCUT2D eigenvalue weighted by molar-refractivity contribution is 7.98. The highest BCUT2D eigenvalue weighted by atomic mass is 35.5. The number of nitrogens with zero attached hydrogens (tertiary/aromatic N) is 1. The average Bonchev–Trinajstić information content (AvgIpc) is 2.08. The van der Waals surface area contributed by atoms with Crippen molar-refractivity contribution >= 4 is 58.2 Å². The number of hydrogen-bond donors (Lipinski definition) is 0. The van der Waals surface area contributed by atoms with Crippen molar-refractivity contribution in [2.45, 2.75) is 5.03 Å². The Hall–Kier alpha value is 0.660. The van der Waals surface area contributed by atoms with E-state index >= 15 is 0 Å². The van der Waals surface area contributed by atoms with E-state index in [4.69, 9.17) is 46.4 Å². The molecule has 0 spiro atoms. The van der Waals surface area contributed by atoms with Crippen molar-refractivity contribution in [1.82, 2.24) is 4.98 Å². The molecule has 0 radical (unpaired) electrons. The summed E-state index contributed by atoms with van der Waals surface area (Å²) in [6.07, 6.45) is 1.83. The smallest absolute Gasteiger partial charge is 0.150 e. The number of aromatic nitrogens is 1. The van der Waals surface area contributed by atoms with Crippen LogP contribution in [0.15, 0.2) is 5.03 Å². The molecule has 0 saturated heterocycles. The molecule has 1 nitrogen and oxygen atoms in total. The summed E-state index contributed by atoms with van der Waals surface area (Å²) in [5.74, 6) is 0. The monoisotopic (exact) mass is 261 g/mol. The average molecular weight is 263 g/mol. The summed E-state index contributed by atoms with van der Waals surface area (Å²) in [7, 11) is 0. The molecular formula is C6H3Cl4NS. The zero-order chi connectivity index (χ0) is 9.30. The molecule has 0 amide bonds. The maximum Gasteiger partial charge on any atom is 0.150 e. The van der Waals surface area contributed by atoms with Gasteiger partial charge in [0.25, 0.3) is 0 Å². The van der Waals surface area contributed by atoms with E-state index in [1.54, 1.807) is 0 Å². The van der Waals surface area contributed by atoms with Gasteiger partial charge in [0, 0.05) is 0 Å². The largest absolute Gasteiger partial charge is 0.227 e. The number of pyridine rings is 1. The highest BCUT2D eigenvalue weighted by Crippen LogP contribution is 2.38. The van der Waals surface area contributed by atoms with E-state index in [-0.39, 0.29) is 15.2 Å². The molecule has 0 aliphatic rings. The predicted octanol–water partition coefficient (Wildman–Crippen LogP) is 4.42. The SMILES string of the molecule is CSc1nc(Cl)c(Cl)c(Cl)c1Cl. The van der Waals surface area contributed by atoms with Crippen LogP contribution in [0.2, 0.25) is 20.2 Å². The molecule has 0 N–H and O–H groups in total. The molecule has 1 aromatic heterocycles. The second-order valence-corrected chi connectivity index (χ2v) is 4.14. The van der Waals surface area contributed by atoms with Crippen LogP contribution in [0.25, 0.3) is 0 Å². The lowest BCUT2D eigenvalue weighted by Gasteiger charge is -2.04. The molecule has 0 aliphatic carbocycles. The van der Waals surface area contributed by atoms with E-state index in [1.165, 1.54) is 11.8 Å². The van der Waals surface area contributed by atoms with Crippen LogP contribution in [0.4, 0.5) is 0 Å². The van der Waals surface area contributed by atoms with Crippen molar-refractivity contribution in [3.63, 3.8) is 0 Å². The summed E-state index contributed by atoms with van der Waals surface area (Å²) in [5, 5.41) is 1.55. The third-order valence-electron chi connectivity index (χ3n) is 1.15. The van der Waals surface area contributed by atoms with Gasteiger partial charge in [-0.15, -0.1) is 11.8 Å². The minimum atomic E-state index is 0.176. The molecule has 6 heteroatoms. The Morgan fingerprint density at radius 3 is 2.08 bits per heavy atom. The van der Waals surface area contributed by atoms with E-state index in [1.807, 2.05) is 6.26 Å². The van der Waals surface area contributed by atoms with Gasteiger partial charge in [0.05, 0.1) is 15.1 Å². The molecule has 0 bridgehead atoms. The minimum absolute atomic E-state index is 0.176. The molecule has 66 valence electrons.